The SMILES string of the molecule is CCS(=O)(=O)N(C)CCCNC(=O)/C(C#N)=C/c1ccc(C)cc1. The molecule has 0 aliphatic carbocycles. The van der Waals surface area contributed by atoms with Crippen molar-refractivity contribution >= 4 is 22.0 Å². The standard InChI is InChI=1S/C17H23N3O3S/c1-4-24(22,23)20(3)11-5-10-19-17(21)16(13-18)12-15-8-6-14(2)7-9-15/h6-9,12H,4-5,10-11H2,1-3H3,(H,19,21)/b16-12+. The zero-order valence-electron chi connectivity index (χ0n) is 14.2. The van der Waals surface area contributed by atoms with Crippen molar-refractivity contribution in [3.8, 4) is 6.07 Å². The summed E-state index contributed by atoms with van der Waals surface area (Å²) in [5.41, 5.74) is 1.90. The third-order valence-corrected chi connectivity index (χ3v) is 5.39. The highest BCUT2D eigenvalue weighted by atomic mass is 32.2. The van der Waals surface area contributed by atoms with Gasteiger partial charge in [-0.25, -0.2) is 12.7 Å². The molecule has 0 aliphatic heterocycles. The number of carbonyl (C=O) groups excluding carboxylic acids is 1. The van der Waals surface area contributed by atoms with Crippen LogP contribution in [0.4, 0.5) is 0 Å². The fraction of sp³-hybridized carbons (Fsp3) is 0.412. The van der Waals surface area contributed by atoms with E-state index in [9.17, 15) is 13.2 Å². The molecule has 0 spiro atoms. The molecule has 1 aromatic rings. The van der Waals surface area contributed by atoms with Gasteiger partial charge in [0.25, 0.3) is 5.91 Å². The maximum atomic E-state index is 12.0. The van der Waals surface area contributed by atoms with E-state index in [1.807, 2.05) is 37.3 Å². The Morgan fingerprint density at radius 1 is 1.33 bits per heavy atom. The largest absolute Gasteiger partial charge is 0.351 e. The molecule has 1 N–H and O–H groups in total. The molecule has 0 heterocycles. The van der Waals surface area contributed by atoms with Crippen LogP contribution >= 0.6 is 0 Å². The number of nitrogens with one attached hydrogen (secondary N) is 1. The predicted octanol–water partition coefficient (Wildman–Crippen LogP) is 1.69. The Balaban J connectivity index is 2.54. The van der Waals surface area contributed by atoms with Crippen molar-refractivity contribution in [3.05, 3.63) is 41.0 Å². The van der Waals surface area contributed by atoms with Crippen LogP contribution < -0.4 is 5.32 Å². The van der Waals surface area contributed by atoms with Crippen molar-refractivity contribution in [1.82, 2.24) is 9.62 Å². The first-order chi connectivity index (χ1) is 11.3. The van der Waals surface area contributed by atoms with Crippen LogP contribution in [0.5, 0.6) is 0 Å². The number of sulfonamides is 1. The molecule has 6 nitrogen and oxygen atoms in total. The number of nitrogens with zero attached hydrogens (tertiary/aromatic N) is 2. The van der Waals surface area contributed by atoms with Crippen LogP contribution in [0.15, 0.2) is 29.8 Å². The molecule has 24 heavy (non-hydrogen) atoms. The van der Waals surface area contributed by atoms with Gasteiger partial charge in [0.1, 0.15) is 11.6 Å². The van der Waals surface area contributed by atoms with Gasteiger partial charge in [-0.05, 0) is 31.9 Å². The van der Waals surface area contributed by atoms with Crippen LogP contribution in [0.3, 0.4) is 0 Å². The Morgan fingerprint density at radius 3 is 2.50 bits per heavy atom. The van der Waals surface area contributed by atoms with Crippen LogP contribution in [-0.2, 0) is 14.8 Å². The maximum absolute atomic E-state index is 12.0. The van der Waals surface area contributed by atoms with E-state index >= 15 is 0 Å². The molecule has 0 radical (unpaired) electrons. The molecule has 0 aliphatic rings. The number of carbonyl (C=O) groups is 1. The van der Waals surface area contributed by atoms with E-state index in [1.54, 1.807) is 6.92 Å². The quantitative estimate of drug-likeness (QED) is 0.439. The van der Waals surface area contributed by atoms with Crippen LogP contribution in [0.1, 0.15) is 24.5 Å². The van der Waals surface area contributed by atoms with E-state index in [2.05, 4.69) is 5.32 Å². The van der Waals surface area contributed by atoms with Crippen molar-refractivity contribution in [2.45, 2.75) is 20.3 Å². The minimum atomic E-state index is -3.21. The monoisotopic (exact) mass is 349 g/mol. The van der Waals surface area contributed by atoms with Crippen LogP contribution in [0.2, 0.25) is 0 Å². The topological polar surface area (TPSA) is 90.3 Å². The van der Waals surface area contributed by atoms with E-state index in [4.69, 9.17) is 5.26 Å². The second kappa shape index (κ2) is 9.21. The molecule has 0 fully saturated rings. The van der Waals surface area contributed by atoms with Crippen molar-refractivity contribution < 1.29 is 13.2 Å². The van der Waals surface area contributed by atoms with E-state index in [-0.39, 0.29) is 11.3 Å². The molecule has 0 bridgehead atoms. The lowest BCUT2D eigenvalue weighted by atomic mass is 10.1. The van der Waals surface area contributed by atoms with Gasteiger partial charge in [-0.15, -0.1) is 0 Å². The van der Waals surface area contributed by atoms with Crippen LogP contribution in [0.25, 0.3) is 6.08 Å². The highest BCUT2D eigenvalue weighted by Crippen LogP contribution is 2.08. The van der Waals surface area contributed by atoms with E-state index in [1.165, 1.54) is 17.4 Å². The number of hydrogen-bond acceptors (Lipinski definition) is 4. The second-order valence-electron chi connectivity index (χ2n) is 5.41. The molecule has 7 heteroatoms. The predicted molar refractivity (Wildman–Crippen MR) is 94.5 cm³/mol. The number of nitriles is 1. The first-order valence-corrected chi connectivity index (χ1v) is 9.31. The molecule has 0 atom stereocenters. The molecule has 1 amide bonds. The number of benzene rings is 1. The summed E-state index contributed by atoms with van der Waals surface area (Å²) in [6.07, 6.45) is 2.01. The van der Waals surface area contributed by atoms with Crippen molar-refractivity contribution in [2.24, 2.45) is 0 Å². The van der Waals surface area contributed by atoms with E-state index in [0.29, 0.717) is 19.5 Å². The second-order valence-corrected chi connectivity index (χ2v) is 7.78. The Kier molecular flexibility index (Phi) is 7.62. The molecule has 1 rings (SSSR count). The van der Waals surface area contributed by atoms with Gasteiger partial charge >= 0.3 is 0 Å². The van der Waals surface area contributed by atoms with Crippen molar-refractivity contribution in [1.29, 1.82) is 5.26 Å². The number of amides is 1. The lowest BCUT2D eigenvalue weighted by molar-refractivity contribution is -0.117. The molecule has 0 unspecified atom stereocenters. The van der Waals surface area contributed by atoms with E-state index < -0.39 is 15.9 Å². The normalized spacial score (nSPS) is 12.0. The summed E-state index contributed by atoms with van der Waals surface area (Å²) in [6.45, 7) is 4.17. The van der Waals surface area contributed by atoms with Gasteiger partial charge in [-0.1, -0.05) is 29.8 Å². The minimum Gasteiger partial charge on any atom is -0.351 e. The van der Waals surface area contributed by atoms with Crippen LogP contribution in [0, 0.1) is 18.3 Å². The average Bonchev–Trinajstić information content (AvgIpc) is 2.57. The molecule has 130 valence electrons. The summed E-state index contributed by atoms with van der Waals surface area (Å²) < 4.78 is 24.5. The Labute approximate surface area is 143 Å². The summed E-state index contributed by atoms with van der Waals surface area (Å²) in [7, 11) is -1.69. The van der Waals surface area contributed by atoms with Crippen molar-refractivity contribution in [2.75, 3.05) is 25.9 Å². The van der Waals surface area contributed by atoms with Gasteiger partial charge in [0.15, 0.2) is 0 Å². The fourth-order valence-corrected chi connectivity index (χ4v) is 2.78. The van der Waals surface area contributed by atoms with Gasteiger partial charge in [0.05, 0.1) is 5.75 Å². The first-order valence-electron chi connectivity index (χ1n) is 7.71. The lowest BCUT2D eigenvalue weighted by Crippen LogP contribution is -2.32. The number of hydrogen-bond donors (Lipinski definition) is 1. The first kappa shape index (κ1) is 19.9. The third-order valence-electron chi connectivity index (χ3n) is 3.53. The average molecular weight is 349 g/mol. The molecule has 0 saturated carbocycles. The summed E-state index contributed by atoms with van der Waals surface area (Å²) >= 11 is 0. The third kappa shape index (κ3) is 6.14. The van der Waals surface area contributed by atoms with Gasteiger partial charge in [-0.2, -0.15) is 5.26 Å². The van der Waals surface area contributed by atoms with Crippen molar-refractivity contribution in [3.63, 3.8) is 0 Å². The zero-order valence-corrected chi connectivity index (χ0v) is 15.1. The smallest absolute Gasteiger partial charge is 0.261 e. The number of aryl methyl sites for hydroxylation is 1. The molecular formula is C17H23N3O3S. The number of rotatable bonds is 8. The Bertz CT molecular complexity index is 731. The van der Waals surface area contributed by atoms with Gasteiger partial charge < -0.3 is 5.32 Å². The maximum Gasteiger partial charge on any atom is 0.261 e. The van der Waals surface area contributed by atoms with Gasteiger partial charge in [0.2, 0.25) is 10.0 Å². The van der Waals surface area contributed by atoms with Gasteiger partial charge in [0, 0.05) is 20.1 Å². The molecule has 0 aromatic heterocycles. The van der Waals surface area contributed by atoms with E-state index in [0.717, 1.165) is 11.1 Å². The summed E-state index contributed by atoms with van der Waals surface area (Å²) in [4.78, 5) is 12.0. The van der Waals surface area contributed by atoms with Crippen LogP contribution in [-0.4, -0.2) is 44.5 Å². The highest BCUT2D eigenvalue weighted by Gasteiger charge is 2.14. The minimum absolute atomic E-state index is 0.0217. The Morgan fingerprint density at radius 2 is 1.96 bits per heavy atom. The summed E-state index contributed by atoms with van der Waals surface area (Å²) in [5.74, 6) is -0.410. The lowest BCUT2D eigenvalue weighted by Gasteiger charge is -2.15. The van der Waals surface area contributed by atoms with Gasteiger partial charge in [-0.3, -0.25) is 4.79 Å². The summed E-state index contributed by atoms with van der Waals surface area (Å²) in [5, 5.41) is 11.8. The molecular weight excluding hydrogens is 326 g/mol. The fourth-order valence-electron chi connectivity index (χ4n) is 1.94. The molecule has 0 saturated heterocycles. The zero-order chi connectivity index (χ0) is 18.2. The summed E-state index contributed by atoms with van der Waals surface area (Å²) in [6, 6.07) is 9.38. The Hall–Kier alpha value is -2.17. The molecule has 1 aromatic carbocycles. The highest BCUT2D eigenvalue weighted by molar-refractivity contribution is 7.89.